The van der Waals surface area contributed by atoms with Gasteiger partial charge in [-0.15, -0.1) is 0 Å². The van der Waals surface area contributed by atoms with E-state index in [0.717, 1.165) is 5.56 Å². The second-order valence-corrected chi connectivity index (χ2v) is 7.28. The highest BCUT2D eigenvalue weighted by atomic mass is 16.5. The minimum absolute atomic E-state index is 0.106. The Morgan fingerprint density at radius 1 is 1.10 bits per heavy atom. The Hall–Kier alpha value is -3.20. The first-order chi connectivity index (χ1) is 14.2. The van der Waals surface area contributed by atoms with E-state index < -0.39 is 28.8 Å². The lowest BCUT2D eigenvalue weighted by molar-refractivity contribution is -0.129. The minimum Gasteiger partial charge on any atom is -0.368 e. The number of carbonyl (C=O) groups is 2. The van der Waals surface area contributed by atoms with E-state index in [1.54, 1.807) is 0 Å². The molecule has 4 N–H and O–H groups in total. The topological polar surface area (TPSA) is 128 Å². The first-order valence-corrected chi connectivity index (χ1v) is 9.79. The number of likely N-dealkylation sites (N-methyl/N-ethyl adjacent to an activating group) is 1. The van der Waals surface area contributed by atoms with Gasteiger partial charge in [-0.05, 0) is 11.5 Å². The summed E-state index contributed by atoms with van der Waals surface area (Å²) in [7, 11) is 2.71. The molecule has 0 saturated carbocycles. The van der Waals surface area contributed by atoms with E-state index in [9.17, 15) is 24.4 Å². The standard InChI is InChI=1S/C21H28N4O5/c1-5-12(2)15(24-16-17(25(4)30)19(27)18(16)26)21(29)23-14(20(28)22-3)11-13-9-7-6-8-10-13/h6-10,12,14-15,24,30H,5,11H2,1-4H3,(H,22,28)(H,23,29)/t12-,14-,15-/m0/s1. The first kappa shape index (κ1) is 23.1. The third-order valence-corrected chi connectivity index (χ3v) is 5.17. The molecule has 0 fully saturated rings. The minimum atomic E-state index is -0.875. The van der Waals surface area contributed by atoms with E-state index in [1.807, 2.05) is 44.2 Å². The molecule has 0 unspecified atom stereocenters. The number of nitrogens with zero attached hydrogens (tertiary/aromatic N) is 1. The maximum atomic E-state index is 13.1. The van der Waals surface area contributed by atoms with E-state index in [4.69, 9.17) is 0 Å². The fourth-order valence-electron chi connectivity index (χ4n) is 3.17. The molecule has 2 rings (SSSR count). The van der Waals surface area contributed by atoms with Gasteiger partial charge >= 0.3 is 0 Å². The third kappa shape index (κ3) is 5.04. The fraction of sp³-hybridized carbons (Fsp3) is 0.429. The maximum absolute atomic E-state index is 13.1. The molecule has 2 aromatic carbocycles. The number of nitrogens with one attached hydrogen (secondary N) is 3. The Labute approximate surface area is 174 Å². The molecule has 9 nitrogen and oxygen atoms in total. The lowest BCUT2D eigenvalue weighted by atomic mass is 9.96. The Morgan fingerprint density at radius 3 is 2.27 bits per heavy atom. The van der Waals surface area contributed by atoms with Crippen LogP contribution in [0.5, 0.6) is 0 Å². The van der Waals surface area contributed by atoms with Crippen LogP contribution >= 0.6 is 0 Å². The number of hydrogen-bond acceptors (Lipinski definition) is 7. The largest absolute Gasteiger partial charge is 0.368 e. The molecule has 0 aliphatic rings. The van der Waals surface area contributed by atoms with E-state index in [1.165, 1.54) is 14.1 Å². The van der Waals surface area contributed by atoms with Crippen LogP contribution in [0.1, 0.15) is 25.8 Å². The van der Waals surface area contributed by atoms with E-state index in [-0.39, 0.29) is 23.2 Å². The Morgan fingerprint density at radius 2 is 1.73 bits per heavy atom. The Bertz CT molecular complexity index is 950. The third-order valence-electron chi connectivity index (χ3n) is 5.17. The van der Waals surface area contributed by atoms with E-state index >= 15 is 0 Å². The average molecular weight is 416 g/mol. The molecule has 9 heteroatoms. The molecule has 2 amide bonds. The van der Waals surface area contributed by atoms with Gasteiger partial charge in [0, 0.05) is 20.5 Å². The van der Waals surface area contributed by atoms with Crippen LogP contribution < -0.4 is 31.9 Å². The van der Waals surface area contributed by atoms with Crippen molar-refractivity contribution < 1.29 is 14.8 Å². The van der Waals surface area contributed by atoms with Gasteiger partial charge in [-0.2, -0.15) is 0 Å². The fourth-order valence-corrected chi connectivity index (χ4v) is 3.17. The summed E-state index contributed by atoms with van der Waals surface area (Å²) in [6.07, 6.45) is 0.901. The molecule has 0 aromatic heterocycles. The zero-order chi connectivity index (χ0) is 22.4. The van der Waals surface area contributed by atoms with Crippen molar-refractivity contribution in [3.8, 4) is 0 Å². The molecule has 0 radical (unpaired) electrons. The number of amides is 2. The SMILES string of the molecule is CC[C@H](C)[C@H](Nc1c(N(C)O)c(=O)c1=O)C(=O)N[C@@H](Cc1ccccc1)C(=O)NC. The summed E-state index contributed by atoms with van der Waals surface area (Å²) in [5, 5.41) is 18.3. The van der Waals surface area contributed by atoms with Gasteiger partial charge in [0.25, 0.3) is 10.9 Å². The molecular weight excluding hydrogens is 388 g/mol. The number of carbonyl (C=O) groups excluding carboxylic acids is 2. The van der Waals surface area contributed by atoms with Crippen LogP contribution in [0.15, 0.2) is 39.9 Å². The van der Waals surface area contributed by atoms with Crippen LogP contribution in [0.2, 0.25) is 0 Å². The van der Waals surface area contributed by atoms with Crippen LogP contribution in [0.4, 0.5) is 11.4 Å². The zero-order valence-corrected chi connectivity index (χ0v) is 17.6. The first-order valence-electron chi connectivity index (χ1n) is 9.79. The predicted molar refractivity (Wildman–Crippen MR) is 115 cm³/mol. The number of benzene rings is 1. The summed E-state index contributed by atoms with van der Waals surface area (Å²) in [4.78, 5) is 49.1. The average Bonchev–Trinajstić information content (AvgIpc) is 2.74. The van der Waals surface area contributed by atoms with Crippen LogP contribution in [0, 0.1) is 5.92 Å². The van der Waals surface area contributed by atoms with Gasteiger partial charge in [0.05, 0.1) is 0 Å². The van der Waals surface area contributed by atoms with Crippen molar-refractivity contribution in [2.75, 3.05) is 24.5 Å². The molecular formula is C21H28N4O5. The van der Waals surface area contributed by atoms with Gasteiger partial charge in [-0.3, -0.25) is 29.4 Å². The molecule has 2 aromatic rings. The summed E-state index contributed by atoms with van der Waals surface area (Å²) in [6, 6.07) is 7.59. The molecule has 0 aliphatic carbocycles. The second kappa shape index (κ2) is 10.0. The van der Waals surface area contributed by atoms with Crippen LogP contribution in [-0.4, -0.2) is 43.2 Å². The lowest BCUT2D eigenvalue weighted by Gasteiger charge is -2.28. The molecule has 162 valence electrons. The second-order valence-electron chi connectivity index (χ2n) is 7.28. The van der Waals surface area contributed by atoms with Gasteiger partial charge in [-0.1, -0.05) is 50.6 Å². The van der Waals surface area contributed by atoms with Crippen LogP contribution in [0.25, 0.3) is 0 Å². The summed E-state index contributed by atoms with van der Waals surface area (Å²) >= 11 is 0. The van der Waals surface area contributed by atoms with Crippen molar-refractivity contribution in [3.63, 3.8) is 0 Å². The van der Waals surface area contributed by atoms with E-state index in [2.05, 4.69) is 16.0 Å². The van der Waals surface area contributed by atoms with Crippen molar-refractivity contribution >= 4 is 23.2 Å². The smallest absolute Gasteiger partial charge is 0.255 e. The molecule has 0 bridgehead atoms. The monoisotopic (exact) mass is 416 g/mol. The van der Waals surface area contributed by atoms with Gasteiger partial charge in [-0.25, -0.2) is 0 Å². The summed E-state index contributed by atoms with van der Waals surface area (Å²) in [5.41, 5.74) is -1.03. The van der Waals surface area contributed by atoms with E-state index in [0.29, 0.717) is 17.9 Å². The maximum Gasteiger partial charge on any atom is 0.255 e. The lowest BCUT2D eigenvalue weighted by Crippen LogP contribution is -2.54. The van der Waals surface area contributed by atoms with Gasteiger partial charge in [0.1, 0.15) is 23.5 Å². The Kier molecular flexibility index (Phi) is 7.71. The number of hydrogen-bond donors (Lipinski definition) is 4. The van der Waals surface area contributed by atoms with Crippen molar-refractivity contribution in [2.24, 2.45) is 5.92 Å². The predicted octanol–water partition coefficient (Wildman–Crippen LogP) is 0.408. The quantitative estimate of drug-likeness (QED) is 0.326. The summed E-state index contributed by atoms with van der Waals surface area (Å²) in [5.74, 6) is -1.04. The normalized spacial score (nSPS) is 13.9. The highest BCUT2D eigenvalue weighted by Crippen LogP contribution is 2.21. The molecule has 0 saturated heterocycles. The number of anilines is 2. The van der Waals surface area contributed by atoms with Crippen molar-refractivity contribution in [2.45, 2.75) is 38.8 Å². The molecule has 30 heavy (non-hydrogen) atoms. The van der Waals surface area contributed by atoms with Crippen molar-refractivity contribution in [1.82, 2.24) is 10.6 Å². The van der Waals surface area contributed by atoms with Crippen molar-refractivity contribution in [3.05, 3.63) is 56.3 Å². The molecule has 3 atom stereocenters. The summed E-state index contributed by atoms with van der Waals surface area (Å²) < 4.78 is 0. The zero-order valence-electron chi connectivity index (χ0n) is 17.6. The molecule has 0 heterocycles. The highest BCUT2D eigenvalue weighted by Gasteiger charge is 2.32. The van der Waals surface area contributed by atoms with Crippen LogP contribution in [0.3, 0.4) is 0 Å². The van der Waals surface area contributed by atoms with Gasteiger partial charge < -0.3 is 16.0 Å². The van der Waals surface area contributed by atoms with Gasteiger partial charge in [0.2, 0.25) is 11.8 Å². The van der Waals surface area contributed by atoms with Crippen molar-refractivity contribution in [1.29, 1.82) is 0 Å². The van der Waals surface area contributed by atoms with Gasteiger partial charge in [0.15, 0.2) is 0 Å². The number of rotatable bonds is 10. The molecule has 0 aliphatic heterocycles. The molecule has 0 spiro atoms. The Balaban J connectivity index is 2.25. The highest BCUT2D eigenvalue weighted by molar-refractivity contribution is 5.92. The summed E-state index contributed by atoms with van der Waals surface area (Å²) in [6.45, 7) is 3.70. The number of hydroxylamine groups is 1. The van der Waals surface area contributed by atoms with Crippen LogP contribution in [-0.2, 0) is 16.0 Å².